The van der Waals surface area contributed by atoms with Gasteiger partial charge in [-0.15, -0.1) is 0 Å². The summed E-state index contributed by atoms with van der Waals surface area (Å²) in [6, 6.07) is 3.37. The number of benzene rings is 2. The van der Waals surface area contributed by atoms with Crippen molar-refractivity contribution in [1.29, 1.82) is 0 Å². The third-order valence-electron chi connectivity index (χ3n) is 6.25. The number of methoxy groups -OCH3 is 2. The molecule has 6 heteroatoms. The van der Waals surface area contributed by atoms with Crippen LogP contribution in [0.2, 0.25) is 0 Å². The lowest BCUT2D eigenvalue weighted by Gasteiger charge is -2.30. The summed E-state index contributed by atoms with van der Waals surface area (Å²) in [5, 5.41) is 21.4. The molecule has 2 heterocycles. The lowest BCUT2D eigenvalue weighted by Crippen LogP contribution is -2.24. The maximum atomic E-state index is 10.7. The van der Waals surface area contributed by atoms with Crippen LogP contribution in [0.25, 0.3) is 0 Å². The lowest BCUT2D eigenvalue weighted by molar-refractivity contribution is 0.134. The maximum absolute atomic E-state index is 10.7. The Labute approximate surface area is 195 Å². The van der Waals surface area contributed by atoms with E-state index in [1.165, 1.54) is 5.57 Å². The van der Waals surface area contributed by atoms with E-state index in [4.69, 9.17) is 18.9 Å². The van der Waals surface area contributed by atoms with Gasteiger partial charge in [-0.05, 0) is 46.6 Å². The highest BCUT2D eigenvalue weighted by Crippen LogP contribution is 2.58. The maximum Gasteiger partial charge on any atom is 0.167 e. The average Bonchev–Trinajstić information content (AvgIpc) is 3.13. The van der Waals surface area contributed by atoms with Gasteiger partial charge in [-0.25, -0.2) is 0 Å². The molecular formula is C27H32O6. The molecule has 176 valence electrons. The molecule has 0 spiro atoms. The molecule has 2 N–H and O–H groups in total. The van der Waals surface area contributed by atoms with Crippen LogP contribution in [-0.4, -0.2) is 31.0 Å². The van der Waals surface area contributed by atoms with Crippen LogP contribution in [0.15, 0.2) is 35.4 Å². The first-order valence-electron chi connectivity index (χ1n) is 11.2. The second kappa shape index (κ2) is 8.93. The van der Waals surface area contributed by atoms with E-state index < -0.39 is 0 Å². The topological polar surface area (TPSA) is 77.4 Å². The Bertz CT molecular complexity index is 1140. The standard InChI is InChI=1S/C27H32O6/c1-14(2)7-9-16-20(28)12-22-23(26(16)31-6)27-19(13-32-22)18-11-21(29)25(30-5)17(24(18)33-27)10-8-15(3)4/h7-8,11-12,19,27-29H,9-10,13H2,1-6H3/t19-,27+/m0/s1. The molecule has 0 amide bonds. The first-order chi connectivity index (χ1) is 15.8. The fourth-order valence-corrected chi connectivity index (χ4v) is 4.64. The Morgan fingerprint density at radius 3 is 2.18 bits per heavy atom. The van der Waals surface area contributed by atoms with Crippen LogP contribution in [0.1, 0.15) is 62.0 Å². The van der Waals surface area contributed by atoms with Gasteiger partial charge in [0.2, 0.25) is 0 Å². The van der Waals surface area contributed by atoms with Gasteiger partial charge < -0.3 is 29.2 Å². The van der Waals surface area contributed by atoms with Crippen LogP contribution < -0.4 is 18.9 Å². The summed E-state index contributed by atoms with van der Waals surface area (Å²) >= 11 is 0. The largest absolute Gasteiger partial charge is 0.507 e. The third kappa shape index (κ3) is 3.99. The van der Waals surface area contributed by atoms with Crippen molar-refractivity contribution < 1.29 is 29.2 Å². The summed E-state index contributed by atoms with van der Waals surface area (Å²) in [6.45, 7) is 8.48. The summed E-state index contributed by atoms with van der Waals surface area (Å²) in [5.41, 5.74) is 5.51. The number of aromatic hydroxyl groups is 2. The van der Waals surface area contributed by atoms with Gasteiger partial charge in [-0.2, -0.15) is 0 Å². The molecule has 4 rings (SSSR count). The fourth-order valence-electron chi connectivity index (χ4n) is 4.64. The van der Waals surface area contributed by atoms with E-state index >= 15 is 0 Å². The van der Waals surface area contributed by atoms with E-state index in [0.29, 0.717) is 42.3 Å². The van der Waals surface area contributed by atoms with Crippen LogP contribution in [0.5, 0.6) is 34.5 Å². The first-order valence-corrected chi connectivity index (χ1v) is 11.2. The summed E-state index contributed by atoms with van der Waals surface area (Å²) in [5.74, 6) is 2.38. The molecule has 0 fully saturated rings. The van der Waals surface area contributed by atoms with Gasteiger partial charge in [0.1, 0.15) is 29.1 Å². The van der Waals surface area contributed by atoms with Crippen molar-refractivity contribution in [3.05, 3.63) is 57.7 Å². The molecule has 2 aromatic carbocycles. The number of fused-ring (bicyclic) bond motifs is 5. The van der Waals surface area contributed by atoms with E-state index in [-0.39, 0.29) is 23.5 Å². The monoisotopic (exact) mass is 452 g/mol. The first kappa shape index (κ1) is 22.9. The molecule has 0 aromatic heterocycles. The summed E-state index contributed by atoms with van der Waals surface area (Å²) in [4.78, 5) is 0. The molecule has 2 aliphatic rings. The average molecular weight is 453 g/mol. The summed E-state index contributed by atoms with van der Waals surface area (Å²) in [7, 11) is 3.15. The quantitative estimate of drug-likeness (QED) is 0.544. The summed E-state index contributed by atoms with van der Waals surface area (Å²) in [6.07, 6.45) is 4.89. The smallest absolute Gasteiger partial charge is 0.167 e. The van der Waals surface area contributed by atoms with Gasteiger partial charge in [0.05, 0.1) is 32.3 Å². The molecule has 6 nitrogen and oxygen atoms in total. The van der Waals surface area contributed by atoms with Crippen molar-refractivity contribution in [1.82, 2.24) is 0 Å². The van der Waals surface area contributed by atoms with Crippen molar-refractivity contribution in [2.24, 2.45) is 0 Å². The molecule has 2 aliphatic heterocycles. The second-order valence-corrected chi connectivity index (χ2v) is 9.07. The number of phenols is 2. The highest BCUT2D eigenvalue weighted by atomic mass is 16.5. The van der Waals surface area contributed by atoms with Gasteiger partial charge in [-0.1, -0.05) is 23.3 Å². The molecular weight excluding hydrogens is 420 g/mol. The highest BCUT2D eigenvalue weighted by Gasteiger charge is 2.45. The minimum Gasteiger partial charge on any atom is -0.507 e. The van der Waals surface area contributed by atoms with E-state index in [2.05, 4.69) is 12.2 Å². The van der Waals surface area contributed by atoms with E-state index in [0.717, 1.165) is 28.0 Å². The van der Waals surface area contributed by atoms with Gasteiger partial charge in [0.15, 0.2) is 11.5 Å². The number of ether oxygens (including phenoxy) is 4. The molecule has 0 saturated heterocycles. The fraction of sp³-hybridized carbons (Fsp3) is 0.407. The minimum absolute atomic E-state index is 0.0883. The SMILES string of the molecule is COc1c(O)cc2c(c1CC=C(C)C)O[C@H]1c3c(cc(O)c(CC=C(C)C)c3OC)OC[C@@H]21. The number of hydrogen-bond donors (Lipinski definition) is 2. The van der Waals surface area contributed by atoms with E-state index in [9.17, 15) is 10.2 Å². The van der Waals surface area contributed by atoms with Gasteiger partial charge in [0.25, 0.3) is 0 Å². The zero-order valence-corrected chi connectivity index (χ0v) is 20.1. The Kier molecular flexibility index (Phi) is 6.19. The zero-order valence-electron chi connectivity index (χ0n) is 20.1. The molecule has 2 aromatic rings. The Morgan fingerprint density at radius 1 is 0.939 bits per heavy atom. The van der Waals surface area contributed by atoms with Crippen LogP contribution >= 0.6 is 0 Å². The molecule has 0 aliphatic carbocycles. The number of phenolic OH excluding ortho intramolecular Hbond substituents is 2. The molecule has 0 bridgehead atoms. The van der Waals surface area contributed by atoms with Crippen molar-refractivity contribution in [2.75, 3.05) is 20.8 Å². The predicted molar refractivity (Wildman–Crippen MR) is 127 cm³/mol. The van der Waals surface area contributed by atoms with Crippen LogP contribution in [0.3, 0.4) is 0 Å². The van der Waals surface area contributed by atoms with E-state index in [1.54, 1.807) is 26.4 Å². The Morgan fingerprint density at radius 2 is 1.58 bits per heavy atom. The Hall–Kier alpha value is -3.28. The van der Waals surface area contributed by atoms with Crippen molar-refractivity contribution in [3.8, 4) is 34.5 Å². The second-order valence-electron chi connectivity index (χ2n) is 9.07. The van der Waals surface area contributed by atoms with Crippen molar-refractivity contribution in [3.63, 3.8) is 0 Å². The van der Waals surface area contributed by atoms with Crippen LogP contribution in [-0.2, 0) is 12.8 Å². The van der Waals surface area contributed by atoms with Crippen LogP contribution in [0, 0.1) is 0 Å². The lowest BCUT2D eigenvalue weighted by atomic mass is 9.86. The summed E-state index contributed by atoms with van der Waals surface area (Å²) < 4.78 is 24.0. The van der Waals surface area contributed by atoms with Crippen molar-refractivity contribution >= 4 is 0 Å². The number of hydrogen-bond acceptors (Lipinski definition) is 6. The van der Waals surface area contributed by atoms with Gasteiger partial charge in [-0.3, -0.25) is 0 Å². The van der Waals surface area contributed by atoms with Gasteiger partial charge >= 0.3 is 0 Å². The minimum atomic E-state index is -0.360. The Balaban J connectivity index is 1.86. The molecule has 0 unspecified atom stereocenters. The molecule has 0 radical (unpaired) electrons. The number of allylic oxidation sites excluding steroid dienone is 4. The molecule has 33 heavy (non-hydrogen) atoms. The predicted octanol–water partition coefficient (Wildman–Crippen LogP) is 5.74. The third-order valence-corrected chi connectivity index (χ3v) is 6.25. The number of rotatable bonds is 6. The van der Waals surface area contributed by atoms with Crippen molar-refractivity contribution in [2.45, 2.75) is 52.6 Å². The van der Waals surface area contributed by atoms with Crippen LogP contribution in [0.4, 0.5) is 0 Å². The van der Waals surface area contributed by atoms with Gasteiger partial charge in [0, 0.05) is 22.8 Å². The highest BCUT2D eigenvalue weighted by molar-refractivity contribution is 5.65. The van der Waals surface area contributed by atoms with E-state index in [1.807, 2.05) is 27.7 Å². The zero-order chi connectivity index (χ0) is 23.9. The molecule has 0 saturated carbocycles. The molecule has 2 atom stereocenters. The normalized spacial score (nSPS) is 17.6.